The molecule has 0 saturated carbocycles. The Balaban J connectivity index is 2.28. The summed E-state index contributed by atoms with van der Waals surface area (Å²) in [5, 5.41) is 0. The van der Waals surface area contributed by atoms with Crippen LogP contribution in [0.5, 0.6) is 0 Å². The number of nitrogens with zero attached hydrogens (tertiary/aromatic N) is 1. The highest BCUT2D eigenvalue weighted by Crippen LogP contribution is 2.37. The van der Waals surface area contributed by atoms with Gasteiger partial charge in [-0.15, -0.1) is 0 Å². The molecule has 3 rings (SSSR count). The smallest absolute Gasteiger partial charge is 0.211 e. The zero-order valence-corrected chi connectivity index (χ0v) is 15.1. The predicted octanol–water partition coefficient (Wildman–Crippen LogP) is 2.97. The Morgan fingerprint density at radius 3 is 1.48 bits per heavy atom. The Hall–Kier alpha value is -2.38. The summed E-state index contributed by atoms with van der Waals surface area (Å²) in [4.78, 5) is -0.0542. The molecule has 0 bridgehead atoms. The molecule has 0 aliphatic heterocycles. The van der Waals surface area contributed by atoms with Gasteiger partial charge < -0.3 is 4.57 Å². The van der Waals surface area contributed by atoms with Crippen LogP contribution in [0.2, 0.25) is 0 Å². The summed E-state index contributed by atoms with van der Waals surface area (Å²) in [6, 6.07) is 18.4. The van der Waals surface area contributed by atoms with Crippen LogP contribution in [-0.4, -0.2) is 21.4 Å². The molecule has 0 radical (unpaired) electrons. The van der Waals surface area contributed by atoms with Crippen LogP contribution in [0, 0.1) is 0 Å². The van der Waals surface area contributed by atoms with E-state index in [9.17, 15) is 16.8 Å². The maximum Gasteiger partial charge on any atom is 0.211 e. The maximum absolute atomic E-state index is 13.2. The van der Waals surface area contributed by atoms with Crippen LogP contribution >= 0.6 is 0 Å². The highest BCUT2D eigenvalue weighted by molar-refractivity contribution is 8.08. The maximum atomic E-state index is 13.2. The lowest BCUT2D eigenvalue weighted by atomic mass is 10.4. The minimum Gasteiger partial charge on any atom is -0.352 e. The molecule has 0 aliphatic carbocycles. The molecule has 0 fully saturated rings. The van der Waals surface area contributed by atoms with Crippen molar-refractivity contribution in [3.8, 4) is 0 Å². The van der Waals surface area contributed by atoms with Gasteiger partial charge in [0.25, 0.3) is 0 Å². The fraction of sp³-hybridized carbons (Fsp3) is 0.111. The first-order valence-electron chi connectivity index (χ1n) is 7.54. The summed E-state index contributed by atoms with van der Waals surface area (Å²) in [5.41, 5.74) is 0.202. The Labute approximate surface area is 147 Å². The summed E-state index contributed by atoms with van der Waals surface area (Å²) >= 11 is 0. The van der Waals surface area contributed by atoms with Gasteiger partial charge in [-0.05, 0) is 36.4 Å². The molecule has 25 heavy (non-hydrogen) atoms. The highest BCUT2D eigenvalue weighted by atomic mass is 32.3. The minimum absolute atomic E-state index is 0.0271. The van der Waals surface area contributed by atoms with Gasteiger partial charge in [-0.2, -0.15) is 0 Å². The zero-order valence-electron chi connectivity index (χ0n) is 13.5. The largest absolute Gasteiger partial charge is 0.352 e. The predicted molar refractivity (Wildman–Crippen MR) is 95.4 cm³/mol. The average molecular weight is 375 g/mol. The Morgan fingerprint density at radius 2 is 1.12 bits per heavy atom. The van der Waals surface area contributed by atoms with Gasteiger partial charge in [-0.3, -0.25) is 0 Å². The van der Waals surface area contributed by atoms with Crippen molar-refractivity contribution in [2.45, 2.75) is 14.4 Å². The van der Waals surface area contributed by atoms with E-state index in [-0.39, 0.29) is 15.5 Å². The number of rotatable bonds is 5. The molecule has 0 aliphatic rings. The van der Waals surface area contributed by atoms with E-state index < -0.39 is 24.3 Å². The van der Waals surface area contributed by atoms with Gasteiger partial charge in [-0.25, -0.2) is 16.8 Å². The normalized spacial score (nSPS) is 12.4. The zero-order chi connectivity index (χ0) is 18.1. The summed E-state index contributed by atoms with van der Waals surface area (Å²) in [7, 11) is -6.69. The van der Waals surface area contributed by atoms with Crippen LogP contribution in [0.4, 0.5) is 0 Å². The fourth-order valence-electron chi connectivity index (χ4n) is 2.67. The topological polar surface area (TPSA) is 73.2 Å². The molecular weight excluding hydrogens is 358 g/mol. The molecule has 5 nitrogen and oxygen atoms in total. The van der Waals surface area contributed by atoms with Crippen molar-refractivity contribution in [3.63, 3.8) is 0 Å². The Kier molecular flexibility index (Phi) is 4.53. The summed E-state index contributed by atoms with van der Waals surface area (Å²) in [6.45, 7) is 0. The van der Waals surface area contributed by atoms with Gasteiger partial charge in [0.05, 0.1) is 15.5 Å². The number of sulfone groups is 2. The van der Waals surface area contributed by atoms with Gasteiger partial charge in [0.2, 0.25) is 24.3 Å². The van der Waals surface area contributed by atoms with E-state index in [0.717, 1.165) is 0 Å². The van der Waals surface area contributed by atoms with Gasteiger partial charge in [-0.1, -0.05) is 36.4 Å². The SMILES string of the molecule is Cn1cccc1C(S(=O)(=O)c1ccccc1)S(=O)(=O)c1ccccc1. The number of benzene rings is 2. The van der Waals surface area contributed by atoms with Crippen molar-refractivity contribution in [1.82, 2.24) is 4.57 Å². The van der Waals surface area contributed by atoms with Crippen molar-refractivity contribution in [2.24, 2.45) is 7.05 Å². The second-order valence-electron chi connectivity index (χ2n) is 5.59. The molecule has 0 unspecified atom stereocenters. The number of aromatic nitrogens is 1. The third-order valence-corrected chi connectivity index (χ3v) is 8.92. The average Bonchev–Trinajstić information content (AvgIpc) is 3.01. The molecule has 3 aromatic rings. The second-order valence-corrected chi connectivity index (χ2v) is 9.96. The first kappa shape index (κ1) is 17.4. The van der Waals surface area contributed by atoms with Crippen LogP contribution in [0.25, 0.3) is 0 Å². The molecule has 0 amide bonds. The van der Waals surface area contributed by atoms with E-state index in [2.05, 4.69) is 0 Å². The molecule has 7 heteroatoms. The number of hydrogen-bond donors (Lipinski definition) is 0. The van der Waals surface area contributed by atoms with Crippen molar-refractivity contribution < 1.29 is 16.8 Å². The van der Waals surface area contributed by atoms with E-state index in [0.29, 0.717) is 0 Å². The molecule has 1 aromatic heterocycles. The van der Waals surface area contributed by atoms with Crippen LogP contribution in [0.3, 0.4) is 0 Å². The van der Waals surface area contributed by atoms with E-state index in [1.165, 1.54) is 34.9 Å². The lowest BCUT2D eigenvalue weighted by Gasteiger charge is -2.19. The van der Waals surface area contributed by atoms with E-state index in [1.807, 2.05) is 0 Å². The van der Waals surface area contributed by atoms with Crippen LogP contribution in [0.1, 0.15) is 10.3 Å². The van der Waals surface area contributed by atoms with Gasteiger partial charge in [0, 0.05) is 13.2 Å². The van der Waals surface area contributed by atoms with Gasteiger partial charge in [0.1, 0.15) is 0 Å². The molecular formula is C18H17NO4S2. The lowest BCUT2D eigenvalue weighted by molar-refractivity contribution is 0.573. The fourth-order valence-corrected chi connectivity index (χ4v) is 7.37. The van der Waals surface area contributed by atoms with Gasteiger partial charge >= 0.3 is 0 Å². The van der Waals surface area contributed by atoms with Crippen molar-refractivity contribution >= 4 is 19.7 Å². The lowest BCUT2D eigenvalue weighted by Crippen LogP contribution is -2.25. The van der Waals surface area contributed by atoms with Crippen LogP contribution < -0.4 is 0 Å². The molecule has 0 saturated heterocycles. The number of hydrogen-bond acceptors (Lipinski definition) is 4. The Morgan fingerprint density at radius 1 is 0.680 bits per heavy atom. The minimum atomic E-state index is -4.16. The third kappa shape index (κ3) is 3.12. The monoisotopic (exact) mass is 375 g/mol. The van der Waals surface area contributed by atoms with Crippen molar-refractivity contribution in [1.29, 1.82) is 0 Å². The van der Waals surface area contributed by atoms with E-state index in [1.54, 1.807) is 55.7 Å². The molecule has 0 N–H and O–H groups in total. The quantitative estimate of drug-likeness (QED) is 0.687. The second kappa shape index (κ2) is 6.50. The van der Waals surface area contributed by atoms with Crippen LogP contribution in [-0.2, 0) is 26.7 Å². The third-order valence-electron chi connectivity index (χ3n) is 3.93. The molecule has 0 atom stereocenters. The molecule has 130 valence electrons. The summed E-state index contributed by atoms with van der Waals surface area (Å²) < 4.78 is 52.6. The standard InChI is InChI=1S/C18H17NO4S2/c1-19-14-8-13-17(19)18(24(20,21)15-9-4-2-5-10-15)25(22,23)16-11-6-3-7-12-16/h2-14,18H,1H3. The van der Waals surface area contributed by atoms with Crippen molar-refractivity contribution in [2.75, 3.05) is 0 Å². The number of aryl methyl sites for hydroxylation is 1. The Bertz CT molecular complexity index is 1000. The van der Waals surface area contributed by atoms with E-state index in [4.69, 9.17) is 0 Å². The molecule has 0 spiro atoms. The summed E-state index contributed by atoms with van der Waals surface area (Å²) in [6.07, 6.45) is 1.63. The molecule has 1 heterocycles. The van der Waals surface area contributed by atoms with E-state index >= 15 is 0 Å². The highest BCUT2D eigenvalue weighted by Gasteiger charge is 2.42. The van der Waals surface area contributed by atoms with Crippen LogP contribution in [0.15, 0.2) is 88.8 Å². The first-order valence-corrected chi connectivity index (χ1v) is 10.6. The summed E-state index contributed by atoms with van der Waals surface area (Å²) in [5.74, 6) is 0. The van der Waals surface area contributed by atoms with Gasteiger partial charge in [0.15, 0.2) is 0 Å². The molecule has 2 aromatic carbocycles. The van der Waals surface area contributed by atoms with Crippen molar-refractivity contribution in [3.05, 3.63) is 84.7 Å². The first-order chi connectivity index (χ1) is 11.8.